The van der Waals surface area contributed by atoms with Gasteiger partial charge >= 0.3 is 0 Å². The van der Waals surface area contributed by atoms with E-state index < -0.39 is 0 Å². The Morgan fingerprint density at radius 3 is 3.00 bits per heavy atom. The minimum atomic E-state index is -0.379. The summed E-state index contributed by atoms with van der Waals surface area (Å²) >= 11 is 5.89. The average molecular weight is 241 g/mol. The van der Waals surface area contributed by atoms with Crippen LogP contribution in [0.5, 0.6) is 0 Å². The third-order valence-corrected chi connectivity index (χ3v) is 2.38. The number of oxazole rings is 1. The van der Waals surface area contributed by atoms with E-state index in [9.17, 15) is 4.39 Å². The van der Waals surface area contributed by atoms with Gasteiger partial charge in [0.05, 0.1) is 16.3 Å². The number of halogens is 2. The molecule has 3 nitrogen and oxygen atoms in total. The van der Waals surface area contributed by atoms with Crippen LogP contribution in [0.1, 0.15) is 5.69 Å². The summed E-state index contributed by atoms with van der Waals surface area (Å²) in [4.78, 5) is 4.22. The molecule has 1 heterocycles. The van der Waals surface area contributed by atoms with Gasteiger partial charge in [-0.15, -0.1) is 0 Å². The third kappa shape index (κ3) is 2.23. The molecule has 0 radical (unpaired) electrons. The van der Waals surface area contributed by atoms with E-state index in [-0.39, 0.29) is 10.8 Å². The zero-order valence-corrected chi connectivity index (χ0v) is 9.38. The molecule has 1 aromatic carbocycles. The van der Waals surface area contributed by atoms with Crippen LogP contribution in [0, 0.1) is 5.82 Å². The summed E-state index contributed by atoms with van der Waals surface area (Å²) in [5.41, 5.74) is 1.36. The van der Waals surface area contributed by atoms with E-state index in [1.807, 2.05) is 7.05 Å². The molecule has 0 aliphatic heterocycles. The van der Waals surface area contributed by atoms with Gasteiger partial charge in [-0.05, 0) is 25.2 Å². The van der Waals surface area contributed by atoms with E-state index in [1.54, 1.807) is 12.3 Å². The summed E-state index contributed by atoms with van der Waals surface area (Å²) in [5.74, 6) is 0.0194. The van der Waals surface area contributed by atoms with Gasteiger partial charge in [-0.1, -0.05) is 11.6 Å². The molecule has 5 heteroatoms. The van der Waals surface area contributed by atoms with Crippen molar-refractivity contribution in [1.82, 2.24) is 10.3 Å². The molecule has 0 aliphatic carbocycles. The van der Waals surface area contributed by atoms with Gasteiger partial charge in [-0.2, -0.15) is 0 Å². The normalized spacial score (nSPS) is 10.7. The number of benzene rings is 1. The van der Waals surface area contributed by atoms with E-state index in [0.717, 1.165) is 5.69 Å². The van der Waals surface area contributed by atoms with E-state index in [2.05, 4.69) is 10.3 Å². The SMILES string of the molecule is CNCc1coc(-c2ccc(F)cc2Cl)n1. The maximum atomic E-state index is 12.8. The molecule has 1 N–H and O–H groups in total. The van der Waals surface area contributed by atoms with Crippen molar-refractivity contribution < 1.29 is 8.81 Å². The molecule has 84 valence electrons. The Kier molecular flexibility index (Phi) is 3.22. The molecule has 0 unspecified atom stereocenters. The lowest BCUT2D eigenvalue weighted by Crippen LogP contribution is -2.04. The van der Waals surface area contributed by atoms with Gasteiger partial charge in [-0.3, -0.25) is 0 Å². The van der Waals surface area contributed by atoms with Crippen molar-refractivity contribution in [3.05, 3.63) is 41.0 Å². The Morgan fingerprint density at radius 1 is 1.50 bits per heavy atom. The first-order chi connectivity index (χ1) is 7.70. The molecule has 0 saturated carbocycles. The fourth-order valence-corrected chi connectivity index (χ4v) is 1.60. The van der Waals surface area contributed by atoms with Crippen LogP contribution >= 0.6 is 11.6 Å². The van der Waals surface area contributed by atoms with Gasteiger partial charge in [0.15, 0.2) is 0 Å². The second-order valence-electron chi connectivity index (χ2n) is 3.30. The largest absolute Gasteiger partial charge is 0.444 e. The van der Waals surface area contributed by atoms with Crippen molar-refractivity contribution in [2.45, 2.75) is 6.54 Å². The predicted octanol–water partition coefficient (Wildman–Crippen LogP) is 2.85. The second kappa shape index (κ2) is 4.63. The first-order valence-corrected chi connectivity index (χ1v) is 5.13. The average Bonchev–Trinajstić information content (AvgIpc) is 2.67. The van der Waals surface area contributed by atoms with Gasteiger partial charge < -0.3 is 9.73 Å². The quantitative estimate of drug-likeness (QED) is 0.897. The van der Waals surface area contributed by atoms with Crippen molar-refractivity contribution in [2.75, 3.05) is 7.05 Å². The van der Waals surface area contributed by atoms with Crippen molar-refractivity contribution >= 4 is 11.6 Å². The molecule has 1 aromatic heterocycles. The maximum Gasteiger partial charge on any atom is 0.227 e. The number of hydrogen-bond acceptors (Lipinski definition) is 3. The molecule has 0 saturated heterocycles. The van der Waals surface area contributed by atoms with Crippen LogP contribution in [0.25, 0.3) is 11.5 Å². The molecular formula is C11H10ClFN2O. The molecule has 0 amide bonds. The van der Waals surface area contributed by atoms with E-state index >= 15 is 0 Å². The second-order valence-corrected chi connectivity index (χ2v) is 3.71. The summed E-state index contributed by atoms with van der Waals surface area (Å²) in [6.45, 7) is 0.613. The molecule has 2 aromatic rings. The molecule has 0 fully saturated rings. The van der Waals surface area contributed by atoms with Crippen LogP contribution in [0.15, 0.2) is 28.9 Å². The number of rotatable bonds is 3. The highest BCUT2D eigenvalue weighted by Gasteiger charge is 2.10. The Morgan fingerprint density at radius 2 is 2.31 bits per heavy atom. The van der Waals surface area contributed by atoms with Crippen LogP contribution in [0.4, 0.5) is 4.39 Å². The lowest BCUT2D eigenvalue weighted by molar-refractivity contribution is 0.571. The van der Waals surface area contributed by atoms with Crippen LogP contribution in [-0.4, -0.2) is 12.0 Å². The van der Waals surface area contributed by atoms with Crippen LogP contribution in [-0.2, 0) is 6.54 Å². The van der Waals surface area contributed by atoms with Gasteiger partial charge in [0, 0.05) is 6.54 Å². The number of nitrogens with zero attached hydrogens (tertiary/aromatic N) is 1. The fourth-order valence-electron chi connectivity index (χ4n) is 1.36. The topological polar surface area (TPSA) is 38.1 Å². The lowest BCUT2D eigenvalue weighted by Gasteiger charge is -1.98. The van der Waals surface area contributed by atoms with Crippen molar-refractivity contribution in [2.24, 2.45) is 0 Å². The first-order valence-electron chi connectivity index (χ1n) is 4.75. The molecule has 2 rings (SSSR count). The monoisotopic (exact) mass is 240 g/mol. The van der Waals surface area contributed by atoms with Crippen LogP contribution < -0.4 is 5.32 Å². The van der Waals surface area contributed by atoms with Gasteiger partial charge in [0.2, 0.25) is 5.89 Å². The van der Waals surface area contributed by atoms with Gasteiger partial charge in [0.1, 0.15) is 12.1 Å². The van der Waals surface area contributed by atoms with Gasteiger partial charge in [-0.25, -0.2) is 9.37 Å². The molecular weight excluding hydrogens is 231 g/mol. The highest BCUT2D eigenvalue weighted by atomic mass is 35.5. The molecule has 0 bridgehead atoms. The maximum absolute atomic E-state index is 12.8. The fraction of sp³-hybridized carbons (Fsp3) is 0.182. The van der Waals surface area contributed by atoms with Crippen molar-refractivity contribution in [3.8, 4) is 11.5 Å². The Bertz CT molecular complexity index is 498. The molecule has 0 aliphatic rings. The zero-order valence-electron chi connectivity index (χ0n) is 8.63. The van der Waals surface area contributed by atoms with E-state index in [1.165, 1.54) is 12.1 Å². The number of nitrogens with one attached hydrogen (secondary N) is 1. The highest BCUT2D eigenvalue weighted by molar-refractivity contribution is 6.33. The highest BCUT2D eigenvalue weighted by Crippen LogP contribution is 2.27. The van der Waals surface area contributed by atoms with E-state index in [4.69, 9.17) is 16.0 Å². The smallest absolute Gasteiger partial charge is 0.227 e. The van der Waals surface area contributed by atoms with E-state index in [0.29, 0.717) is 18.0 Å². The Labute approximate surface area is 97.3 Å². The Balaban J connectivity index is 2.35. The minimum Gasteiger partial charge on any atom is -0.444 e. The van der Waals surface area contributed by atoms with Crippen LogP contribution in [0.3, 0.4) is 0 Å². The number of aromatic nitrogens is 1. The summed E-state index contributed by atoms with van der Waals surface area (Å²) < 4.78 is 18.1. The molecule has 0 spiro atoms. The third-order valence-electron chi connectivity index (χ3n) is 2.07. The first kappa shape index (κ1) is 11.1. The van der Waals surface area contributed by atoms with Crippen molar-refractivity contribution in [3.63, 3.8) is 0 Å². The minimum absolute atomic E-state index is 0.290. The summed E-state index contributed by atoms with van der Waals surface area (Å²) in [5, 5.41) is 3.25. The molecule has 16 heavy (non-hydrogen) atoms. The summed E-state index contributed by atoms with van der Waals surface area (Å²) in [7, 11) is 1.82. The standard InChI is InChI=1S/C11H10ClFN2O/c1-14-5-8-6-16-11(15-8)9-3-2-7(13)4-10(9)12/h2-4,6,14H,5H2,1H3. The van der Waals surface area contributed by atoms with Gasteiger partial charge in [0.25, 0.3) is 0 Å². The molecule has 0 atom stereocenters. The summed E-state index contributed by atoms with van der Waals surface area (Å²) in [6.07, 6.45) is 1.55. The Hall–Kier alpha value is -1.39. The van der Waals surface area contributed by atoms with Crippen LogP contribution in [0.2, 0.25) is 5.02 Å². The summed E-state index contributed by atoms with van der Waals surface area (Å²) in [6, 6.07) is 4.11. The lowest BCUT2D eigenvalue weighted by atomic mass is 10.2. The predicted molar refractivity (Wildman–Crippen MR) is 59.7 cm³/mol. The zero-order chi connectivity index (χ0) is 11.5. The number of hydrogen-bond donors (Lipinski definition) is 1. The van der Waals surface area contributed by atoms with Crippen molar-refractivity contribution in [1.29, 1.82) is 0 Å².